The zero-order chi connectivity index (χ0) is 14.8. The zero-order valence-corrected chi connectivity index (χ0v) is 12.0. The predicted octanol–water partition coefficient (Wildman–Crippen LogP) is 0.00340. The number of hydrogen-bond donors (Lipinski definition) is 4. The SMILES string of the molecule is CCC(CNC(=O)C(CCSC)NC(N)=O)C(=O)O. The molecular weight excluding hydrogens is 270 g/mol. The van der Waals surface area contributed by atoms with Crippen molar-refractivity contribution in [2.75, 3.05) is 18.6 Å². The van der Waals surface area contributed by atoms with Gasteiger partial charge in [-0.25, -0.2) is 4.79 Å². The van der Waals surface area contributed by atoms with Gasteiger partial charge in [0.25, 0.3) is 0 Å². The highest BCUT2D eigenvalue weighted by atomic mass is 32.2. The Bertz CT molecular complexity index is 325. The van der Waals surface area contributed by atoms with E-state index in [0.717, 1.165) is 0 Å². The van der Waals surface area contributed by atoms with Gasteiger partial charge in [0.1, 0.15) is 6.04 Å². The van der Waals surface area contributed by atoms with E-state index in [1.165, 1.54) is 0 Å². The maximum absolute atomic E-state index is 11.8. The second-order valence-electron chi connectivity index (χ2n) is 4.03. The highest BCUT2D eigenvalue weighted by Gasteiger charge is 2.22. The van der Waals surface area contributed by atoms with Crippen LogP contribution in [0, 0.1) is 5.92 Å². The number of aliphatic carboxylic acids is 1. The standard InChI is InChI=1S/C11H21N3O4S/c1-3-7(10(16)17)6-13-9(15)8(4-5-19-2)14-11(12)18/h7-8H,3-6H2,1-2H3,(H,13,15)(H,16,17)(H3,12,14,18). The lowest BCUT2D eigenvalue weighted by Gasteiger charge is -2.18. The van der Waals surface area contributed by atoms with Crippen molar-refractivity contribution in [2.24, 2.45) is 11.7 Å². The Morgan fingerprint density at radius 3 is 2.42 bits per heavy atom. The van der Waals surface area contributed by atoms with Crippen LogP contribution in [-0.2, 0) is 9.59 Å². The number of rotatable bonds is 9. The van der Waals surface area contributed by atoms with Crippen LogP contribution in [0.5, 0.6) is 0 Å². The molecule has 0 heterocycles. The van der Waals surface area contributed by atoms with Gasteiger partial charge < -0.3 is 21.5 Å². The van der Waals surface area contributed by atoms with E-state index in [0.29, 0.717) is 18.6 Å². The quantitative estimate of drug-likeness (QED) is 0.476. The summed E-state index contributed by atoms with van der Waals surface area (Å²) in [5.74, 6) is -1.30. The van der Waals surface area contributed by atoms with E-state index in [9.17, 15) is 14.4 Å². The van der Waals surface area contributed by atoms with Crippen LogP contribution in [0.4, 0.5) is 4.79 Å². The molecule has 0 aliphatic heterocycles. The van der Waals surface area contributed by atoms with Crippen LogP contribution in [0.15, 0.2) is 0 Å². The highest BCUT2D eigenvalue weighted by Crippen LogP contribution is 2.03. The summed E-state index contributed by atoms with van der Waals surface area (Å²) in [5.41, 5.74) is 5.00. The number of urea groups is 1. The van der Waals surface area contributed by atoms with Gasteiger partial charge in [0, 0.05) is 6.54 Å². The maximum atomic E-state index is 11.8. The van der Waals surface area contributed by atoms with E-state index >= 15 is 0 Å². The Morgan fingerprint density at radius 1 is 1.37 bits per heavy atom. The van der Waals surface area contributed by atoms with Crippen molar-refractivity contribution in [1.82, 2.24) is 10.6 Å². The first-order valence-electron chi connectivity index (χ1n) is 5.97. The normalized spacial score (nSPS) is 13.4. The second kappa shape index (κ2) is 9.48. The molecule has 2 atom stereocenters. The lowest BCUT2D eigenvalue weighted by atomic mass is 10.1. The molecule has 3 amide bonds. The van der Waals surface area contributed by atoms with Crippen LogP contribution in [0.25, 0.3) is 0 Å². The fourth-order valence-corrected chi connectivity index (χ4v) is 1.90. The van der Waals surface area contributed by atoms with Gasteiger partial charge in [0.2, 0.25) is 5.91 Å². The van der Waals surface area contributed by atoms with Crippen LogP contribution in [0.3, 0.4) is 0 Å². The number of nitrogens with two attached hydrogens (primary N) is 1. The molecule has 0 aliphatic carbocycles. The van der Waals surface area contributed by atoms with E-state index in [1.807, 2.05) is 6.26 Å². The molecule has 7 nitrogen and oxygen atoms in total. The number of hydrogen-bond acceptors (Lipinski definition) is 4. The number of carbonyl (C=O) groups is 3. The monoisotopic (exact) mass is 291 g/mol. The molecule has 0 radical (unpaired) electrons. The third kappa shape index (κ3) is 7.55. The summed E-state index contributed by atoms with van der Waals surface area (Å²) in [7, 11) is 0. The molecule has 0 bridgehead atoms. The van der Waals surface area contributed by atoms with Crippen molar-refractivity contribution in [1.29, 1.82) is 0 Å². The molecule has 110 valence electrons. The number of amides is 3. The minimum atomic E-state index is -0.952. The number of thioether (sulfide) groups is 1. The van der Waals surface area contributed by atoms with Gasteiger partial charge in [-0.1, -0.05) is 6.92 Å². The first-order valence-corrected chi connectivity index (χ1v) is 7.37. The highest BCUT2D eigenvalue weighted by molar-refractivity contribution is 7.98. The molecule has 0 aromatic carbocycles. The van der Waals surface area contributed by atoms with Gasteiger partial charge in [-0.15, -0.1) is 0 Å². The maximum Gasteiger partial charge on any atom is 0.312 e. The van der Waals surface area contributed by atoms with Crippen LogP contribution >= 0.6 is 11.8 Å². The molecule has 19 heavy (non-hydrogen) atoms. The number of carbonyl (C=O) groups excluding carboxylic acids is 2. The first kappa shape index (κ1) is 17.6. The van der Waals surface area contributed by atoms with Crippen LogP contribution in [0.2, 0.25) is 0 Å². The molecule has 8 heteroatoms. The van der Waals surface area contributed by atoms with Crippen LogP contribution in [0.1, 0.15) is 19.8 Å². The van der Waals surface area contributed by atoms with Crippen LogP contribution in [-0.4, -0.2) is 47.6 Å². The average molecular weight is 291 g/mol. The smallest absolute Gasteiger partial charge is 0.312 e. The third-order valence-electron chi connectivity index (χ3n) is 2.61. The molecular formula is C11H21N3O4S. The molecule has 0 spiro atoms. The van der Waals surface area contributed by atoms with Crippen molar-refractivity contribution in [3.8, 4) is 0 Å². The fourth-order valence-electron chi connectivity index (χ4n) is 1.43. The first-order chi connectivity index (χ1) is 8.92. The minimum absolute atomic E-state index is 0.0425. The fraction of sp³-hybridized carbons (Fsp3) is 0.727. The van der Waals surface area contributed by atoms with E-state index in [4.69, 9.17) is 10.8 Å². The Kier molecular flexibility index (Phi) is 8.77. The van der Waals surface area contributed by atoms with Crippen molar-refractivity contribution in [3.05, 3.63) is 0 Å². The predicted molar refractivity (Wildman–Crippen MR) is 73.9 cm³/mol. The van der Waals surface area contributed by atoms with Gasteiger partial charge in [-0.3, -0.25) is 9.59 Å². The van der Waals surface area contributed by atoms with Crippen molar-refractivity contribution in [2.45, 2.75) is 25.8 Å². The molecule has 5 N–H and O–H groups in total. The summed E-state index contributed by atoms with van der Waals surface area (Å²) < 4.78 is 0. The van der Waals surface area contributed by atoms with Gasteiger partial charge >= 0.3 is 12.0 Å². The topological polar surface area (TPSA) is 122 Å². The van der Waals surface area contributed by atoms with Crippen molar-refractivity contribution >= 4 is 29.7 Å². The Morgan fingerprint density at radius 2 is 2.00 bits per heavy atom. The molecule has 0 saturated heterocycles. The van der Waals surface area contributed by atoms with Crippen molar-refractivity contribution in [3.63, 3.8) is 0 Å². The molecule has 0 saturated carbocycles. The molecule has 0 rings (SSSR count). The lowest BCUT2D eigenvalue weighted by molar-refractivity contribution is -0.141. The van der Waals surface area contributed by atoms with Gasteiger partial charge in [0.15, 0.2) is 0 Å². The van der Waals surface area contributed by atoms with Crippen LogP contribution < -0.4 is 16.4 Å². The summed E-state index contributed by atoms with van der Waals surface area (Å²) in [6, 6.07) is -1.50. The third-order valence-corrected chi connectivity index (χ3v) is 3.25. The molecule has 2 unspecified atom stereocenters. The number of nitrogens with one attached hydrogen (secondary N) is 2. The lowest BCUT2D eigenvalue weighted by Crippen LogP contribution is -2.50. The van der Waals surface area contributed by atoms with E-state index in [-0.39, 0.29) is 6.54 Å². The van der Waals surface area contributed by atoms with Gasteiger partial charge in [-0.05, 0) is 24.9 Å². The Hall–Kier alpha value is -1.44. The van der Waals surface area contributed by atoms with Crippen molar-refractivity contribution < 1.29 is 19.5 Å². The second-order valence-corrected chi connectivity index (χ2v) is 5.02. The zero-order valence-electron chi connectivity index (χ0n) is 11.1. The summed E-state index contributed by atoms with van der Waals surface area (Å²) in [6.07, 6.45) is 2.75. The van der Waals surface area contributed by atoms with Gasteiger partial charge in [-0.2, -0.15) is 11.8 Å². The summed E-state index contributed by atoms with van der Waals surface area (Å²) in [4.78, 5) is 33.5. The van der Waals surface area contributed by atoms with E-state index in [2.05, 4.69) is 10.6 Å². The summed E-state index contributed by atoms with van der Waals surface area (Å²) in [6.45, 7) is 1.78. The number of carboxylic acids is 1. The Labute approximate surface area is 116 Å². The number of carboxylic acid groups (broad SMARTS) is 1. The molecule has 0 aromatic heterocycles. The largest absolute Gasteiger partial charge is 0.481 e. The molecule has 0 fully saturated rings. The minimum Gasteiger partial charge on any atom is -0.481 e. The Balaban J connectivity index is 4.37. The van der Waals surface area contributed by atoms with E-state index < -0.39 is 29.9 Å². The summed E-state index contributed by atoms with van der Waals surface area (Å²) >= 11 is 1.54. The molecule has 0 aliphatic rings. The average Bonchev–Trinajstić information content (AvgIpc) is 2.34. The summed E-state index contributed by atoms with van der Waals surface area (Å²) in [5, 5.41) is 13.7. The van der Waals surface area contributed by atoms with Gasteiger partial charge in [0.05, 0.1) is 5.92 Å². The number of primary amides is 1. The molecule has 0 aromatic rings. The van der Waals surface area contributed by atoms with E-state index in [1.54, 1.807) is 18.7 Å².